The van der Waals surface area contributed by atoms with Crippen LogP contribution in [0.2, 0.25) is 0 Å². The highest BCUT2D eigenvalue weighted by Gasteiger charge is 2.39. The molecule has 1 aromatic heterocycles. The van der Waals surface area contributed by atoms with Gasteiger partial charge in [0.15, 0.2) is 0 Å². The van der Waals surface area contributed by atoms with Crippen LogP contribution >= 0.6 is 0 Å². The minimum atomic E-state index is -0.155. The number of fused-ring (bicyclic) bond motifs is 2. The van der Waals surface area contributed by atoms with E-state index in [2.05, 4.69) is 20.5 Å². The SMILES string of the molecule is Cc1nc(C(=O)NCC2CC3CCC2C3)n[nH]1. The fourth-order valence-electron chi connectivity index (χ4n) is 3.37. The van der Waals surface area contributed by atoms with Crippen LogP contribution in [0.1, 0.15) is 42.1 Å². The third-order valence-electron chi connectivity index (χ3n) is 4.21. The Bertz CT molecular complexity index is 428. The van der Waals surface area contributed by atoms with Crippen molar-refractivity contribution in [3.8, 4) is 0 Å². The lowest BCUT2D eigenvalue weighted by Crippen LogP contribution is -2.32. The standard InChI is InChI=1S/C12H18N4O/c1-7-14-11(16-15-7)12(17)13-6-10-5-8-2-3-9(10)4-8/h8-10H,2-6H2,1H3,(H,13,17)(H,14,15,16). The van der Waals surface area contributed by atoms with E-state index in [4.69, 9.17) is 0 Å². The van der Waals surface area contributed by atoms with Crippen molar-refractivity contribution in [2.45, 2.75) is 32.6 Å². The lowest BCUT2D eigenvalue weighted by Gasteiger charge is -2.21. The molecule has 2 aliphatic rings. The van der Waals surface area contributed by atoms with Crippen LogP contribution in [0.5, 0.6) is 0 Å². The van der Waals surface area contributed by atoms with Crippen molar-refractivity contribution in [3.63, 3.8) is 0 Å². The van der Waals surface area contributed by atoms with Crippen molar-refractivity contribution in [3.05, 3.63) is 11.6 Å². The monoisotopic (exact) mass is 234 g/mol. The summed E-state index contributed by atoms with van der Waals surface area (Å²) in [5, 5.41) is 9.50. The first-order chi connectivity index (χ1) is 8.22. The molecule has 1 aromatic rings. The number of nitrogens with zero attached hydrogens (tertiary/aromatic N) is 2. The zero-order valence-corrected chi connectivity index (χ0v) is 10.1. The first-order valence-corrected chi connectivity index (χ1v) is 6.39. The average molecular weight is 234 g/mol. The van der Waals surface area contributed by atoms with Gasteiger partial charge in [-0.1, -0.05) is 6.42 Å². The Labute approximate surface area is 100 Å². The maximum Gasteiger partial charge on any atom is 0.290 e. The number of hydrogen-bond donors (Lipinski definition) is 2. The molecule has 0 saturated heterocycles. The second-order valence-corrected chi connectivity index (χ2v) is 5.39. The van der Waals surface area contributed by atoms with Crippen LogP contribution in [-0.4, -0.2) is 27.6 Å². The highest BCUT2D eigenvalue weighted by Crippen LogP contribution is 2.47. The molecule has 3 atom stereocenters. The number of hydrogen-bond acceptors (Lipinski definition) is 3. The van der Waals surface area contributed by atoms with Crippen molar-refractivity contribution in [2.75, 3.05) is 6.54 Å². The molecule has 5 heteroatoms. The number of aromatic nitrogens is 3. The van der Waals surface area contributed by atoms with E-state index in [0.29, 0.717) is 11.7 Å². The Kier molecular flexibility index (Phi) is 2.61. The molecule has 2 bridgehead atoms. The number of aryl methyl sites for hydroxylation is 1. The summed E-state index contributed by atoms with van der Waals surface area (Å²) in [6.07, 6.45) is 5.42. The van der Waals surface area contributed by atoms with Crippen LogP contribution in [-0.2, 0) is 0 Å². The van der Waals surface area contributed by atoms with Gasteiger partial charge in [0.05, 0.1) is 0 Å². The number of amides is 1. The van der Waals surface area contributed by atoms with E-state index in [9.17, 15) is 4.79 Å². The average Bonchev–Trinajstić information content (AvgIpc) is 3.01. The predicted octanol–water partition coefficient (Wildman–Crippen LogP) is 1.28. The Morgan fingerprint density at radius 1 is 1.47 bits per heavy atom. The van der Waals surface area contributed by atoms with Crippen molar-refractivity contribution in [2.24, 2.45) is 17.8 Å². The Morgan fingerprint density at radius 2 is 2.35 bits per heavy atom. The lowest BCUT2D eigenvalue weighted by molar-refractivity contribution is 0.0931. The first kappa shape index (κ1) is 10.7. The first-order valence-electron chi connectivity index (χ1n) is 6.39. The summed E-state index contributed by atoms with van der Waals surface area (Å²) in [6, 6.07) is 0. The maximum absolute atomic E-state index is 11.8. The summed E-state index contributed by atoms with van der Waals surface area (Å²) < 4.78 is 0. The molecule has 0 radical (unpaired) electrons. The zero-order chi connectivity index (χ0) is 11.8. The minimum Gasteiger partial charge on any atom is -0.349 e. The van der Waals surface area contributed by atoms with Crippen LogP contribution in [0.4, 0.5) is 0 Å². The molecule has 1 heterocycles. The highest BCUT2D eigenvalue weighted by molar-refractivity contribution is 5.90. The van der Waals surface area contributed by atoms with Gasteiger partial charge >= 0.3 is 0 Å². The molecule has 2 aliphatic carbocycles. The van der Waals surface area contributed by atoms with E-state index < -0.39 is 0 Å². The molecule has 0 spiro atoms. The van der Waals surface area contributed by atoms with Gasteiger partial charge in [-0.25, -0.2) is 4.98 Å². The van der Waals surface area contributed by atoms with Gasteiger partial charge in [0, 0.05) is 6.54 Å². The van der Waals surface area contributed by atoms with Gasteiger partial charge in [-0.2, -0.15) is 0 Å². The molecule has 0 aliphatic heterocycles. The zero-order valence-electron chi connectivity index (χ0n) is 10.1. The molecule has 3 rings (SSSR count). The summed E-state index contributed by atoms with van der Waals surface area (Å²) >= 11 is 0. The van der Waals surface area contributed by atoms with E-state index in [0.717, 1.165) is 18.4 Å². The number of nitrogens with one attached hydrogen (secondary N) is 2. The Morgan fingerprint density at radius 3 is 2.94 bits per heavy atom. The van der Waals surface area contributed by atoms with Crippen LogP contribution < -0.4 is 5.32 Å². The van der Waals surface area contributed by atoms with Gasteiger partial charge in [-0.05, 0) is 43.9 Å². The summed E-state index contributed by atoms with van der Waals surface area (Å²) in [4.78, 5) is 15.8. The van der Waals surface area contributed by atoms with Gasteiger partial charge in [-0.15, -0.1) is 5.10 Å². The van der Waals surface area contributed by atoms with Gasteiger partial charge in [0.1, 0.15) is 5.82 Å². The number of aromatic amines is 1. The molecule has 92 valence electrons. The summed E-state index contributed by atoms with van der Waals surface area (Å²) in [5.74, 6) is 3.22. The normalized spacial score (nSPS) is 30.8. The van der Waals surface area contributed by atoms with Gasteiger partial charge in [0.25, 0.3) is 5.91 Å². The van der Waals surface area contributed by atoms with E-state index in [1.54, 1.807) is 6.92 Å². The molecular weight excluding hydrogens is 216 g/mol. The largest absolute Gasteiger partial charge is 0.349 e. The molecule has 1 amide bonds. The van der Waals surface area contributed by atoms with E-state index in [-0.39, 0.29) is 11.7 Å². The number of carbonyl (C=O) groups is 1. The molecule has 2 N–H and O–H groups in total. The third-order valence-corrected chi connectivity index (χ3v) is 4.21. The van der Waals surface area contributed by atoms with E-state index in [1.807, 2.05) is 0 Å². The topological polar surface area (TPSA) is 70.7 Å². The molecule has 0 aromatic carbocycles. The maximum atomic E-state index is 11.8. The van der Waals surface area contributed by atoms with Crippen molar-refractivity contribution in [1.82, 2.24) is 20.5 Å². The Balaban J connectivity index is 1.53. The summed E-state index contributed by atoms with van der Waals surface area (Å²) in [5.41, 5.74) is 0. The second kappa shape index (κ2) is 4.13. The van der Waals surface area contributed by atoms with Crippen LogP contribution in [0.15, 0.2) is 0 Å². The predicted molar refractivity (Wildman–Crippen MR) is 62.4 cm³/mol. The Hall–Kier alpha value is -1.39. The summed E-state index contributed by atoms with van der Waals surface area (Å²) in [7, 11) is 0. The molecule has 5 nitrogen and oxygen atoms in total. The van der Waals surface area contributed by atoms with Crippen molar-refractivity contribution < 1.29 is 4.79 Å². The third kappa shape index (κ3) is 2.06. The van der Waals surface area contributed by atoms with Crippen molar-refractivity contribution >= 4 is 5.91 Å². The highest BCUT2D eigenvalue weighted by atomic mass is 16.2. The fraction of sp³-hybridized carbons (Fsp3) is 0.750. The second-order valence-electron chi connectivity index (χ2n) is 5.39. The van der Waals surface area contributed by atoms with Gasteiger partial charge in [0.2, 0.25) is 5.82 Å². The van der Waals surface area contributed by atoms with Gasteiger partial charge in [-0.3, -0.25) is 9.89 Å². The molecule has 17 heavy (non-hydrogen) atoms. The number of rotatable bonds is 3. The van der Waals surface area contributed by atoms with E-state index >= 15 is 0 Å². The molecule has 2 saturated carbocycles. The van der Waals surface area contributed by atoms with Gasteiger partial charge < -0.3 is 5.32 Å². The molecule has 3 unspecified atom stereocenters. The van der Waals surface area contributed by atoms with Crippen molar-refractivity contribution in [1.29, 1.82) is 0 Å². The minimum absolute atomic E-state index is 0.155. The number of carbonyl (C=O) groups excluding carboxylic acids is 1. The van der Waals surface area contributed by atoms with Crippen LogP contribution in [0, 0.1) is 24.7 Å². The lowest BCUT2D eigenvalue weighted by atomic mass is 9.89. The number of H-pyrrole nitrogens is 1. The molecular formula is C12H18N4O. The smallest absolute Gasteiger partial charge is 0.290 e. The quantitative estimate of drug-likeness (QED) is 0.827. The van der Waals surface area contributed by atoms with Crippen LogP contribution in [0.3, 0.4) is 0 Å². The van der Waals surface area contributed by atoms with E-state index in [1.165, 1.54) is 25.7 Å². The molecule has 2 fully saturated rings. The van der Waals surface area contributed by atoms with Crippen LogP contribution in [0.25, 0.3) is 0 Å². The summed E-state index contributed by atoms with van der Waals surface area (Å²) in [6.45, 7) is 2.58. The fourth-order valence-corrected chi connectivity index (χ4v) is 3.37.